The number of rotatable bonds is 2. The summed E-state index contributed by atoms with van der Waals surface area (Å²) in [7, 11) is 1.75. The van der Waals surface area contributed by atoms with Crippen LogP contribution in [0.5, 0.6) is 0 Å². The van der Waals surface area contributed by atoms with E-state index in [1.54, 1.807) is 13.2 Å². The lowest BCUT2D eigenvalue weighted by Crippen LogP contribution is -2.45. The van der Waals surface area contributed by atoms with E-state index < -0.39 is 11.7 Å². The first-order valence-electron chi connectivity index (χ1n) is 5.28. The Balaban J connectivity index is 2.36. The normalized spacial score (nSPS) is 23.3. The Bertz CT molecular complexity index is 505. The predicted molar refractivity (Wildman–Crippen MR) is 62.8 cm³/mol. The number of aliphatic hydroxyl groups excluding tert-OH is 1. The number of aliphatic imine (C=N–C) groups is 1. The summed E-state index contributed by atoms with van der Waals surface area (Å²) >= 11 is 0. The van der Waals surface area contributed by atoms with Gasteiger partial charge in [0.1, 0.15) is 18.5 Å². The first kappa shape index (κ1) is 12.8. The number of halogens is 3. The Hall–Kier alpha value is -1.66. The maximum Gasteiger partial charge on any atom is 0.416 e. The van der Waals surface area contributed by atoms with Crippen molar-refractivity contribution >= 4 is 11.5 Å². The zero-order valence-corrected chi connectivity index (χ0v) is 9.65. The molecule has 0 aromatic heterocycles. The molecule has 1 heterocycles. The molecule has 1 unspecified atom stereocenters. The van der Waals surface area contributed by atoms with Crippen molar-refractivity contribution in [3.05, 3.63) is 42.2 Å². The molecule has 3 nitrogen and oxygen atoms in total. The number of hydrogen-bond donors (Lipinski definition) is 1. The van der Waals surface area contributed by atoms with Gasteiger partial charge < -0.3 is 5.11 Å². The molecule has 1 aliphatic rings. The summed E-state index contributed by atoms with van der Waals surface area (Å²) < 4.78 is 37.4. The third-order valence-corrected chi connectivity index (χ3v) is 3.00. The summed E-state index contributed by atoms with van der Waals surface area (Å²) in [5.41, 5.74) is -0.0759. The number of nitrogens with zero attached hydrogens (tertiary/aromatic N) is 2. The molecule has 96 valence electrons. The fourth-order valence-corrected chi connectivity index (χ4v) is 1.84. The lowest BCUT2D eigenvalue weighted by atomic mass is 10.1. The molecule has 1 aromatic carbocycles. The zero-order valence-electron chi connectivity index (χ0n) is 9.65. The predicted octanol–water partition coefficient (Wildman–Crippen LogP) is 2.52. The van der Waals surface area contributed by atoms with E-state index in [4.69, 9.17) is 0 Å². The highest BCUT2D eigenvalue weighted by molar-refractivity contribution is 5.97. The van der Waals surface area contributed by atoms with Crippen molar-refractivity contribution in [3.63, 3.8) is 0 Å². The average Bonchev–Trinajstić information content (AvgIpc) is 2.71. The van der Waals surface area contributed by atoms with E-state index in [9.17, 15) is 18.3 Å². The Morgan fingerprint density at radius 3 is 2.33 bits per heavy atom. The molecule has 0 saturated heterocycles. The molecule has 1 aliphatic heterocycles. The molecule has 0 fully saturated rings. The number of likely N-dealkylation sites (N-methyl/N-ethyl adjacent to an activating group) is 1. The van der Waals surface area contributed by atoms with Crippen molar-refractivity contribution in [2.45, 2.75) is 6.18 Å². The van der Waals surface area contributed by atoms with Gasteiger partial charge in [0, 0.05) is 12.1 Å². The number of alkyl halides is 3. The van der Waals surface area contributed by atoms with E-state index in [0.29, 0.717) is 11.5 Å². The monoisotopic (exact) mass is 257 g/mol. The molecule has 6 heteroatoms. The van der Waals surface area contributed by atoms with Crippen LogP contribution in [0.15, 0.2) is 41.7 Å². The van der Waals surface area contributed by atoms with Crippen LogP contribution in [0.1, 0.15) is 5.56 Å². The van der Waals surface area contributed by atoms with E-state index >= 15 is 0 Å². The lowest BCUT2D eigenvalue weighted by Gasteiger charge is -2.26. The molecule has 1 N–H and O–H groups in total. The van der Waals surface area contributed by atoms with Gasteiger partial charge in [0.15, 0.2) is 0 Å². The Labute approximate surface area is 102 Å². The van der Waals surface area contributed by atoms with Crippen molar-refractivity contribution in [2.75, 3.05) is 13.7 Å². The van der Waals surface area contributed by atoms with Crippen LogP contribution in [-0.4, -0.2) is 24.6 Å². The fraction of sp³-hybridized carbons (Fsp3) is 0.250. The number of benzene rings is 1. The van der Waals surface area contributed by atoms with Crippen molar-refractivity contribution in [3.8, 4) is 0 Å². The smallest absolute Gasteiger partial charge is 0.384 e. The molecule has 0 bridgehead atoms. The average molecular weight is 257 g/mol. The minimum absolute atomic E-state index is 0.0919. The van der Waals surface area contributed by atoms with Crippen LogP contribution in [0.2, 0.25) is 0 Å². The second kappa shape index (κ2) is 4.22. The van der Waals surface area contributed by atoms with Gasteiger partial charge in [-0.05, 0) is 12.1 Å². The van der Waals surface area contributed by atoms with Crippen LogP contribution < -0.4 is 4.48 Å². The SMILES string of the molecule is C[N+]1(c2ccc(C(F)(F)F)cc2)C=CN=C1CO. The van der Waals surface area contributed by atoms with E-state index in [2.05, 4.69) is 4.99 Å². The summed E-state index contributed by atoms with van der Waals surface area (Å²) in [6.07, 6.45) is -1.11. The van der Waals surface area contributed by atoms with Gasteiger partial charge in [-0.1, -0.05) is 0 Å². The zero-order chi connectivity index (χ0) is 13.4. The van der Waals surface area contributed by atoms with Crippen molar-refractivity contribution in [1.82, 2.24) is 4.48 Å². The van der Waals surface area contributed by atoms with Crippen LogP contribution in [0.4, 0.5) is 18.9 Å². The summed E-state index contributed by atoms with van der Waals surface area (Å²) in [6, 6.07) is 4.84. The third-order valence-electron chi connectivity index (χ3n) is 3.00. The standard InChI is InChI=1S/C12H12F3N2O/c1-17(7-6-16-11(17)8-18)10-4-2-9(3-5-10)12(13,14)15/h2-7,18H,8H2,1H3/q+1. The molecule has 2 rings (SSSR count). The Morgan fingerprint density at radius 1 is 1.22 bits per heavy atom. The third kappa shape index (κ3) is 2.04. The molecule has 1 atom stereocenters. The number of hydrogen-bond acceptors (Lipinski definition) is 2. The van der Waals surface area contributed by atoms with Gasteiger partial charge in [0.2, 0.25) is 5.84 Å². The summed E-state index contributed by atoms with van der Waals surface area (Å²) in [6.45, 7) is -0.246. The summed E-state index contributed by atoms with van der Waals surface area (Å²) in [5, 5.41) is 9.18. The molecule has 0 saturated carbocycles. The van der Waals surface area contributed by atoms with Gasteiger partial charge in [-0.3, -0.25) is 0 Å². The van der Waals surface area contributed by atoms with Crippen molar-refractivity contribution in [1.29, 1.82) is 0 Å². The molecule has 0 aliphatic carbocycles. The number of amidine groups is 1. The highest BCUT2D eigenvalue weighted by atomic mass is 19.4. The van der Waals surface area contributed by atoms with Crippen molar-refractivity contribution < 1.29 is 18.3 Å². The molecule has 1 aromatic rings. The minimum atomic E-state index is -4.34. The maximum atomic E-state index is 12.5. The van der Waals surface area contributed by atoms with Crippen molar-refractivity contribution in [2.24, 2.45) is 4.99 Å². The number of quaternary nitrogens is 1. The molecular formula is C12H12F3N2O+. The molecule has 0 radical (unpaired) electrons. The first-order chi connectivity index (χ1) is 8.38. The topological polar surface area (TPSA) is 32.6 Å². The Morgan fingerprint density at radius 2 is 1.83 bits per heavy atom. The van der Waals surface area contributed by atoms with E-state index in [-0.39, 0.29) is 11.1 Å². The van der Waals surface area contributed by atoms with E-state index in [1.807, 2.05) is 0 Å². The summed E-state index contributed by atoms with van der Waals surface area (Å²) in [5.74, 6) is 0.467. The van der Waals surface area contributed by atoms with Crippen LogP contribution in [0.25, 0.3) is 0 Å². The molecule has 0 spiro atoms. The second-order valence-corrected chi connectivity index (χ2v) is 4.12. The van der Waals surface area contributed by atoms with Crippen LogP contribution in [0, 0.1) is 0 Å². The Kier molecular flexibility index (Phi) is 3.00. The highest BCUT2D eigenvalue weighted by Gasteiger charge is 2.35. The fourth-order valence-electron chi connectivity index (χ4n) is 1.84. The molecule has 18 heavy (non-hydrogen) atoms. The van der Waals surface area contributed by atoms with Crippen LogP contribution in [-0.2, 0) is 6.18 Å². The van der Waals surface area contributed by atoms with Gasteiger partial charge in [-0.15, -0.1) is 0 Å². The highest BCUT2D eigenvalue weighted by Crippen LogP contribution is 2.32. The van der Waals surface area contributed by atoms with Gasteiger partial charge in [0.05, 0.1) is 18.8 Å². The first-order valence-corrected chi connectivity index (χ1v) is 5.28. The van der Waals surface area contributed by atoms with Gasteiger partial charge in [-0.2, -0.15) is 13.2 Å². The molecule has 0 amide bonds. The lowest BCUT2D eigenvalue weighted by molar-refractivity contribution is -0.137. The van der Waals surface area contributed by atoms with Gasteiger partial charge in [-0.25, -0.2) is 9.48 Å². The van der Waals surface area contributed by atoms with Crippen LogP contribution >= 0.6 is 0 Å². The minimum Gasteiger partial charge on any atom is -0.384 e. The summed E-state index contributed by atoms with van der Waals surface area (Å²) in [4.78, 5) is 3.99. The van der Waals surface area contributed by atoms with Gasteiger partial charge >= 0.3 is 6.18 Å². The number of aliphatic hydroxyl groups is 1. The largest absolute Gasteiger partial charge is 0.416 e. The quantitative estimate of drug-likeness (QED) is 0.811. The second-order valence-electron chi connectivity index (χ2n) is 4.12. The molecular weight excluding hydrogens is 245 g/mol. The van der Waals surface area contributed by atoms with Crippen LogP contribution in [0.3, 0.4) is 0 Å². The maximum absolute atomic E-state index is 12.5. The van der Waals surface area contributed by atoms with E-state index in [1.165, 1.54) is 18.3 Å². The van der Waals surface area contributed by atoms with Gasteiger partial charge in [0.25, 0.3) is 0 Å². The van der Waals surface area contributed by atoms with E-state index in [0.717, 1.165) is 12.1 Å².